The molecular weight excluding hydrogens is 282 g/mol. The molecule has 0 bridgehead atoms. The molecule has 0 unspecified atom stereocenters. The lowest BCUT2D eigenvalue weighted by molar-refractivity contribution is 0.0697. The molecule has 17 heavy (non-hydrogen) atoms. The molecule has 1 aliphatic carbocycles. The summed E-state index contributed by atoms with van der Waals surface area (Å²) < 4.78 is 0.785. The molecule has 0 saturated heterocycles. The summed E-state index contributed by atoms with van der Waals surface area (Å²) >= 11 is 3.30. The minimum absolute atomic E-state index is 0.341. The summed E-state index contributed by atoms with van der Waals surface area (Å²) in [7, 11) is 0. The molecule has 1 aromatic carbocycles. The smallest absolute Gasteiger partial charge is 0.337 e. The molecule has 1 fully saturated rings. The summed E-state index contributed by atoms with van der Waals surface area (Å²) in [6, 6.07) is 5.85. The fourth-order valence-corrected chi connectivity index (χ4v) is 2.26. The molecule has 0 heterocycles. The van der Waals surface area contributed by atoms with Crippen molar-refractivity contribution in [1.82, 2.24) is 0 Å². The van der Waals surface area contributed by atoms with Gasteiger partial charge in [-0.3, -0.25) is 0 Å². The van der Waals surface area contributed by atoms with Gasteiger partial charge < -0.3 is 10.0 Å². The van der Waals surface area contributed by atoms with Gasteiger partial charge in [-0.15, -0.1) is 6.58 Å². The van der Waals surface area contributed by atoms with Gasteiger partial charge >= 0.3 is 5.97 Å². The lowest BCUT2D eigenvalue weighted by atomic mass is 10.1. The Balaban J connectivity index is 2.40. The molecule has 0 aromatic heterocycles. The minimum Gasteiger partial charge on any atom is -0.478 e. The van der Waals surface area contributed by atoms with Crippen LogP contribution in [0.3, 0.4) is 0 Å². The number of benzene rings is 1. The molecule has 1 aliphatic rings. The molecule has 3 nitrogen and oxygen atoms in total. The van der Waals surface area contributed by atoms with Crippen molar-refractivity contribution < 1.29 is 9.90 Å². The Kier molecular flexibility index (Phi) is 3.52. The van der Waals surface area contributed by atoms with E-state index in [9.17, 15) is 9.90 Å². The lowest BCUT2D eigenvalue weighted by Crippen LogP contribution is -2.27. The first-order valence-corrected chi connectivity index (χ1v) is 6.33. The summed E-state index contributed by atoms with van der Waals surface area (Å²) in [6.45, 7) is 4.42. The first-order chi connectivity index (χ1) is 8.13. The maximum Gasteiger partial charge on any atom is 0.337 e. The Morgan fingerprint density at radius 2 is 2.29 bits per heavy atom. The number of halogens is 1. The predicted octanol–water partition coefficient (Wildman–Crippen LogP) is 3.30. The van der Waals surface area contributed by atoms with Crippen molar-refractivity contribution in [2.45, 2.75) is 18.9 Å². The summed E-state index contributed by atoms with van der Waals surface area (Å²) in [6.07, 6.45) is 4.07. The number of anilines is 1. The number of hydrogen-bond acceptors (Lipinski definition) is 2. The number of aromatic carboxylic acids is 1. The van der Waals surface area contributed by atoms with Gasteiger partial charge in [0.15, 0.2) is 0 Å². The van der Waals surface area contributed by atoms with Crippen molar-refractivity contribution in [3.8, 4) is 0 Å². The second kappa shape index (κ2) is 4.92. The molecule has 0 radical (unpaired) electrons. The second-order valence-corrected chi connectivity index (χ2v) is 5.05. The van der Waals surface area contributed by atoms with Crippen LogP contribution in [-0.2, 0) is 0 Å². The Morgan fingerprint density at radius 3 is 2.82 bits per heavy atom. The van der Waals surface area contributed by atoms with E-state index in [1.54, 1.807) is 6.07 Å². The molecule has 90 valence electrons. The fraction of sp³-hybridized carbons (Fsp3) is 0.308. The topological polar surface area (TPSA) is 40.5 Å². The molecule has 0 aliphatic heterocycles. The molecule has 1 aromatic rings. The highest BCUT2D eigenvalue weighted by atomic mass is 79.9. The number of hydrogen-bond donors (Lipinski definition) is 1. The molecule has 4 heteroatoms. The van der Waals surface area contributed by atoms with Crippen LogP contribution in [0.4, 0.5) is 5.69 Å². The standard InChI is InChI=1S/C13H14BrNO2/c1-2-7-15(10-4-5-10)12-6-3-9(14)8-11(12)13(16)17/h2-3,6,8,10H,1,4-5,7H2,(H,16,17). The van der Waals surface area contributed by atoms with Gasteiger partial charge in [0.1, 0.15) is 0 Å². The average Bonchev–Trinajstić information content (AvgIpc) is 3.10. The molecule has 0 amide bonds. The molecule has 0 atom stereocenters. The van der Waals surface area contributed by atoms with Crippen molar-refractivity contribution in [1.29, 1.82) is 0 Å². The van der Waals surface area contributed by atoms with Gasteiger partial charge in [0.2, 0.25) is 0 Å². The highest BCUT2D eigenvalue weighted by Gasteiger charge is 2.30. The SMILES string of the molecule is C=CCN(c1ccc(Br)cc1C(=O)O)C1CC1. The van der Waals surface area contributed by atoms with Gasteiger partial charge in [-0.25, -0.2) is 4.79 Å². The van der Waals surface area contributed by atoms with Gasteiger partial charge in [-0.1, -0.05) is 22.0 Å². The van der Waals surface area contributed by atoms with E-state index in [0.29, 0.717) is 18.2 Å². The van der Waals surface area contributed by atoms with Crippen molar-refractivity contribution in [2.24, 2.45) is 0 Å². The Morgan fingerprint density at radius 1 is 1.59 bits per heavy atom. The van der Waals surface area contributed by atoms with Crippen LogP contribution in [0.1, 0.15) is 23.2 Å². The van der Waals surface area contributed by atoms with Crippen LogP contribution in [0.25, 0.3) is 0 Å². The largest absolute Gasteiger partial charge is 0.478 e. The van der Waals surface area contributed by atoms with E-state index < -0.39 is 5.97 Å². The molecular formula is C13H14BrNO2. The van der Waals surface area contributed by atoms with Crippen LogP contribution in [0.2, 0.25) is 0 Å². The maximum absolute atomic E-state index is 11.3. The zero-order chi connectivity index (χ0) is 12.4. The van der Waals surface area contributed by atoms with E-state index in [-0.39, 0.29) is 0 Å². The van der Waals surface area contributed by atoms with Gasteiger partial charge in [0, 0.05) is 17.1 Å². The molecule has 1 N–H and O–H groups in total. The normalized spacial score (nSPS) is 14.4. The fourth-order valence-electron chi connectivity index (χ4n) is 1.90. The third-order valence-electron chi connectivity index (χ3n) is 2.81. The van der Waals surface area contributed by atoms with E-state index in [1.807, 2.05) is 18.2 Å². The Bertz CT molecular complexity index is 455. The van der Waals surface area contributed by atoms with Crippen LogP contribution >= 0.6 is 15.9 Å². The zero-order valence-corrected chi connectivity index (χ0v) is 11.0. The number of rotatable bonds is 5. The van der Waals surface area contributed by atoms with E-state index in [2.05, 4.69) is 27.4 Å². The van der Waals surface area contributed by atoms with Crippen molar-refractivity contribution in [3.63, 3.8) is 0 Å². The van der Waals surface area contributed by atoms with E-state index in [0.717, 1.165) is 23.0 Å². The molecule has 2 rings (SSSR count). The average molecular weight is 296 g/mol. The van der Waals surface area contributed by atoms with E-state index in [1.165, 1.54) is 0 Å². The molecule has 0 spiro atoms. The van der Waals surface area contributed by atoms with Crippen LogP contribution in [-0.4, -0.2) is 23.7 Å². The summed E-state index contributed by atoms with van der Waals surface area (Å²) in [5, 5.41) is 9.24. The Labute approximate surface area is 109 Å². The van der Waals surface area contributed by atoms with Gasteiger partial charge in [0.05, 0.1) is 11.3 Å². The van der Waals surface area contributed by atoms with Crippen LogP contribution in [0, 0.1) is 0 Å². The maximum atomic E-state index is 11.3. The number of nitrogens with zero attached hydrogens (tertiary/aromatic N) is 1. The third-order valence-corrected chi connectivity index (χ3v) is 3.31. The highest BCUT2D eigenvalue weighted by molar-refractivity contribution is 9.10. The zero-order valence-electron chi connectivity index (χ0n) is 9.40. The van der Waals surface area contributed by atoms with Gasteiger partial charge in [-0.05, 0) is 31.0 Å². The first-order valence-electron chi connectivity index (χ1n) is 5.54. The number of carboxylic acid groups (broad SMARTS) is 1. The predicted molar refractivity (Wildman–Crippen MR) is 71.7 cm³/mol. The van der Waals surface area contributed by atoms with E-state index >= 15 is 0 Å². The van der Waals surface area contributed by atoms with Crippen molar-refractivity contribution in [3.05, 3.63) is 40.9 Å². The number of carbonyl (C=O) groups is 1. The quantitative estimate of drug-likeness (QED) is 0.848. The first kappa shape index (κ1) is 12.2. The van der Waals surface area contributed by atoms with Crippen LogP contribution < -0.4 is 4.90 Å². The number of carboxylic acids is 1. The van der Waals surface area contributed by atoms with Crippen LogP contribution in [0.5, 0.6) is 0 Å². The summed E-state index contributed by atoms with van der Waals surface area (Å²) in [4.78, 5) is 13.4. The highest BCUT2D eigenvalue weighted by Crippen LogP contribution is 2.34. The van der Waals surface area contributed by atoms with Gasteiger partial charge in [0.25, 0.3) is 0 Å². The minimum atomic E-state index is -0.893. The summed E-state index contributed by atoms with van der Waals surface area (Å²) in [5.41, 5.74) is 1.12. The van der Waals surface area contributed by atoms with E-state index in [4.69, 9.17) is 0 Å². The summed E-state index contributed by atoms with van der Waals surface area (Å²) in [5.74, 6) is -0.893. The second-order valence-electron chi connectivity index (χ2n) is 4.14. The Hall–Kier alpha value is -1.29. The van der Waals surface area contributed by atoms with Crippen LogP contribution in [0.15, 0.2) is 35.3 Å². The molecule has 1 saturated carbocycles. The monoisotopic (exact) mass is 295 g/mol. The lowest BCUT2D eigenvalue weighted by Gasteiger charge is -2.24. The van der Waals surface area contributed by atoms with Crippen molar-refractivity contribution in [2.75, 3.05) is 11.4 Å². The third kappa shape index (κ3) is 2.69. The van der Waals surface area contributed by atoms with Crippen molar-refractivity contribution >= 4 is 27.6 Å². The van der Waals surface area contributed by atoms with Gasteiger partial charge in [-0.2, -0.15) is 0 Å².